The predicted octanol–water partition coefficient (Wildman–Crippen LogP) is 3.57. The van der Waals surface area contributed by atoms with E-state index >= 15 is 0 Å². The molecule has 10 heteroatoms. The quantitative estimate of drug-likeness (QED) is 0.720. The molecule has 32 heavy (non-hydrogen) atoms. The highest BCUT2D eigenvalue weighted by atomic mass is 19.4. The third kappa shape index (κ3) is 4.53. The highest BCUT2D eigenvalue weighted by Crippen LogP contribution is 2.37. The number of nitrogens with one attached hydrogen (secondary N) is 1. The van der Waals surface area contributed by atoms with E-state index in [1.807, 2.05) is 19.1 Å². The molecule has 1 fully saturated rings. The number of carbonyl (C=O) groups is 2. The Labute approximate surface area is 183 Å². The monoisotopic (exact) mass is 448 g/mol. The number of nitrogens with zero attached hydrogens (tertiary/aromatic N) is 3. The smallest absolute Gasteiger partial charge is 0.435 e. The molecule has 3 heterocycles. The first-order chi connectivity index (χ1) is 15.1. The fourth-order valence-corrected chi connectivity index (χ4v) is 4.04. The van der Waals surface area contributed by atoms with Crippen LogP contribution in [-0.2, 0) is 33.5 Å². The van der Waals surface area contributed by atoms with Crippen molar-refractivity contribution < 1.29 is 27.5 Å². The van der Waals surface area contributed by atoms with Gasteiger partial charge in [-0.05, 0) is 37.8 Å². The summed E-state index contributed by atoms with van der Waals surface area (Å²) in [5.41, 5.74) is 1.66. The summed E-state index contributed by atoms with van der Waals surface area (Å²) >= 11 is 0. The number of aromatic nitrogens is 2. The lowest BCUT2D eigenvalue weighted by atomic mass is 9.98. The van der Waals surface area contributed by atoms with Crippen molar-refractivity contribution in [1.29, 1.82) is 0 Å². The lowest BCUT2D eigenvalue weighted by Gasteiger charge is -2.30. The average Bonchev–Trinajstić information content (AvgIpc) is 3.12. The number of cyclic esters (lactones) is 1. The number of hydrogen-bond acceptors (Lipinski definition) is 6. The fraction of sp³-hybridized carbons (Fsp3) is 0.455. The number of alkyl halides is 3. The van der Waals surface area contributed by atoms with Crippen LogP contribution in [0.1, 0.15) is 40.9 Å². The van der Waals surface area contributed by atoms with Gasteiger partial charge < -0.3 is 15.0 Å². The molecule has 1 N–H and O–H groups in total. The van der Waals surface area contributed by atoms with Gasteiger partial charge in [-0.3, -0.25) is 9.59 Å². The number of aryl methyl sites for hydroxylation is 2. The van der Waals surface area contributed by atoms with Gasteiger partial charge >= 0.3 is 12.1 Å². The second-order valence-corrected chi connectivity index (χ2v) is 8.18. The van der Waals surface area contributed by atoms with Gasteiger partial charge in [0, 0.05) is 19.5 Å². The molecule has 1 amide bonds. The van der Waals surface area contributed by atoms with Crippen LogP contribution in [-0.4, -0.2) is 35.0 Å². The number of esters is 1. The van der Waals surface area contributed by atoms with Gasteiger partial charge in [-0.1, -0.05) is 23.8 Å². The number of rotatable bonds is 4. The summed E-state index contributed by atoms with van der Waals surface area (Å²) in [6.07, 6.45) is -4.00. The van der Waals surface area contributed by atoms with Gasteiger partial charge in [0.05, 0.1) is 23.9 Å². The van der Waals surface area contributed by atoms with Gasteiger partial charge in [-0.25, -0.2) is 9.97 Å². The molecular weight excluding hydrogens is 425 g/mol. The van der Waals surface area contributed by atoms with Gasteiger partial charge in [-0.15, -0.1) is 0 Å². The van der Waals surface area contributed by atoms with Crippen molar-refractivity contribution in [3.8, 4) is 0 Å². The molecule has 2 aliphatic rings. The number of ether oxygens (including phenoxy) is 1. The summed E-state index contributed by atoms with van der Waals surface area (Å²) in [5.74, 6) is -1.90. The second kappa shape index (κ2) is 8.40. The van der Waals surface area contributed by atoms with Crippen LogP contribution in [0.2, 0.25) is 0 Å². The first-order valence-electron chi connectivity index (χ1n) is 10.4. The van der Waals surface area contributed by atoms with Crippen molar-refractivity contribution in [1.82, 2.24) is 9.97 Å². The zero-order valence-corrected chi connectivity index (χ0v) is 17.8. The number of anilines is 2. The van der Waals surface area contributed by atoms with E-state index in [1.165, 1.54) is 12.5 Å². The number of hydrogen-bond donors (Lipinski definition) is 1. The predicted molar refractivity (Wildman–Crippen MR) is 110 cm³/mol. The minimum Gasteiger partial charge on any atom is -0.465 e. The summed E-state index contributed by atoms with van der Waals surface area (Å²) in [7, 11) is 0. The Morgan fingerprint density at radius 3 is 2.72 bits per heavy atom. The number of amides is 1. The summed E-state index contributed by atoms with van der Waals surface area (Å²) in [4.78, 5) is 33.7. The maximum atomic E-state index is 13.8. The van der Waals surface area contributed by atoms with Crippen molar-refractivity contribution in [3.63, 3.8) is 0 Å². The van der Waals surface area contributed by atoms with Crippen LogP contribution in [0.3, 0.4) is 0 Å². The summed E-state index contributed by atoms with van der Waals surface area (Å²) in [5, 5.41) is 2.27. The van der Waals surface area contributed by atoms with Crippen molar-refractivity contribution in [2.45, 2.75) is 45.8 Å². The molecule has 1 aromatic heterocycles. The van der Waals surface area contributed by atoms with E-state index in [9.17, 15) is 22.8 Å². The van der Waals surface area contributed by atoms with Gasteiger partial charge in [-0.2, -0.15) is 13.2 Å². The first-order valence-corrected chi connectivity index (χ1v) is 10.4. The number of halogens is 3. The normalized spacial score (nSPS) is 18.3. The average molecular weight is 448 g/mol. The van der Waals surface area contributed by atoms with Crippen molar-refractivity contribution in [2.75, 3.05) is 23.4 Å². The lowest BCUT2D eigenvalue weighted by Crippen LogP contribution is -2.33. The Kier molecular flexibility index (Phi) is 5.79. The number of fused-ring (bicyclic) bond motifs is 1. The summed E-state index contributed by atoms with van der Waals surface area (Å²) in [6, 6.07) is 6.02. The number of benzene rings is 1. The van der Waals surface area contributed by atoms with Gasteiger partial charge in [0.2, 0.25) is 11.9 Å². The second-order valence-electron chi connectivity index (χ2n) is 8.18. The van der Waals surface area contributed by atoms with Crippen LogP contribution in [0.25, 0.3) is 0 Å². The molecule has 0 aliphatic carbocycles. The van der Waals surface area contributed by atoms with E-state index in [2.05, 4.69) is 21.4 Å². The molecule has 1 unspecified atom stereocenters. The first kappa shape index (κ1) is 22.0. The van der Waals surface area contributed by atoms with Gasteiger partial charge in [0.15, 0.2) is 5.69 Å². The topological polar surface area (TPSA) is 84.4 Å². The van der Waals surface area contributed by atoms with E-state index < -0.39 is 35.4 Å². The summed E-state index contributed by atoms with van der Waals surface area (Å²) in [6.45, 7) is 4.50. The Morgan fingerprint density at radius 2 is 2.03 bits per heavy atom. The molecule has 4 rings (SSSR count). The summed E-state index contributed by atoms with van der Waals surface area (Å²) < 4.78 is 46.3. The van der Waals surface area contributed by atoms with Gasteiger partial charge in [0.25, 0.3) is 0 Å². The van der Waals surface area contributed by atoms with Crippen LogP contribution in [0.15, 0.2) is 18.2 Å². The molecule has 0 bridgehead atoms. The SMILES string of the molecule is Cc1ccc2c(c1)CCN(c1nc(C)c(NC(=O)CC3CCOC3=O)c(C(F)(F)F)n1)C2. The maximum absolute atomic E-state index is 13.8. The largest absolute Gasteiger partial charge is 0.465 e. The van der Waals surface area contributed by atoms with Crippen molar-refractivity contribution in [3.05, 3.63) is 46.3 Å². The van der Waals surface area contributed by atoms with Crippen molar-refractivity contribution >= 4 is 23.5 Å². The maximum Gasteiger partial charge on any atom is 0.435 e. The zero-order valence-electron chi connectivity index (χ0n) is 17.8. The van der Waals surface area contributed by atoms with E-state index in [0.29, 0.717) is 25.9 Å². The van der Waals surface area contributed by atoms with E-state index in [0.717, 1.165) is 11.1 Å². The molecule has 170 valence electrons. The van der Waals surface area contributed by atoms with Gasteiger partial charge in [0.1, 0.15) is 0 Å². The van der Waals surface area contributed by atoms with Crippen LogP contribution in [0, 0.1) is 19.8 Å². The highest BCUT2D eigenvalue weighted by molar-refractivity contribution is 5.94. The highest BCUT2D eigenvalue weighted by Gasteiger charge is 2.39. The van der Waals surface area contributed by atoms with Crippen LogP contribution in [0.4, 0.5) is 24.8 Å². The Morgan fingerprint density at radius 1 is 1.25 bits per heavy atom. The zero-order chi connectivity index (χ0) is 23.0. The Balaban J connectivity index is 1.60. The molecule has 1 saturated heterocycles. The molecule has 2 aliphatic heterocycles. The van der Waals surface area contributed by atoms with E-state index in [4.69, 9.17) is 4.74 Å². The molecule has 1 atom stereocenters. The molecule has 0 spiro atoms. The van der Waals surface area contributed by atoms with Crippen LogP contribution in [0.5, 0.6) is 0 Å². The third-order valence-electron chi connectivity index (χ3n) is 5.74. The van der Waals surface area contributed by atoms with Crippen molar-refractivity contribution in [2.24, 2.45) is 5.92 Å². The molecule has 0 radical (unpaired) electrons. The van der Waals surface area contributed by atoms with E-state index in [-0.39, 0.29) is 24.7 Å². The molecule has 7 nitrogen and oxygen atoms in total. The minimum atomic E-state index is -4.79. The standard InChI is InChI=1S/C22H23F3N4O3/c1-12-3-4-16-11-29(7-5-14(16)9-12)21-26-13(2)18(19(28-21)22(23,24)25)27-17(30)10-15-6-8-32-20(15)31/h3-4,9,15H,5-8,10-11H2,1-2H3,(H,27,30). The van der Waals surface area contributed by atoms with Crippen LogP contribution >= 0.6 is 0 Å². The minimum absolute atomic E-state index is 0.0133. The molecule has 2 aromatic rings. The number of carbonyl (C=O) groups excluding carboxylic acids is 2. The Bertz CT molecular complexity index is 1070. The van der Waals surface area contributed by atoms with Crippen LogP contribution < -0.4 is 10.2 Å². The Hall–Kier alpha value is -3.17. The lowest BCUT2D eigenvalue weighted by molar-refractivity contribution is -0.143. The third-order valence-corrected chi connectivity index (χ3v) is 5.74. The molecule has 1 aromatic carbocycles. The molecular formula is C22H23F3N4O3. The van der Waals surface area contributed by atoms with E-state index in [1.54, 1.807) is 4.90 Å². The molecule has 0 saturated carbocycles. The fourth-order valence-electron chi connectivity index (χ4n) is 4.04.